The Kier molecular flexibility index (Phi) is 4.02. The van der Waals surface area contributed by atoms with E-state index < -0.39 is 29.6 Å². The summed E-state index contributed by atoms with van der Waals surface area (Å²) >= 11 is 0. The van der Waals surface area contributed by atoms with Gasteiger partial charge in [-0.1, -0.05) is 48.5 Å². The molecule has 2 aromatic carbocycles. The predicted molar refractivity (Wildman–Crippen MR) is 80.8 cm³/mol. The molecule has 0 saturated carbocycles. The number of hydrogen-bond donors (Lipinski definition) is 0. The SMILES string of the molecule is COC(=O)[C@@H]1c2ccccc2C(=O)O[C@]1(c1ccccc1)C(F)(F)F. The van der Waals surface area contributed by atoms with Gasteiger partial charge in [0.05, 0.1) is 12.7 Å². The van der Waals surface area contributed by atoms with E-state index in [4.69, 9.17) is 4.74 Å². The van der Waals surface area contributed by atoms with E-state index in [0.717, 1.165) is 7.11 Å². The number of halogens is 3. The molecule has 2 atom stereocenters. The number of esters is 2. The minimum atomic E-state index is -5.05. The maximum absolute atomic E-state index is 14.2. The van der Waals surface area contributed by atoms with Crippen LogP contribution in [0.5, 0.6) is 0 Å². The Hall–Kier alpha value is -2.83. The van der Waals surface area contributed by atoms with Gasteiger partial charge in [0.15, 0.2) is 0 Å². The highest BCUT2D eigenvalue weighted by molar-refractivity contribution is 5.97. The lowest BCUT2D eigenvalue weighted by Crippen LogP contribution is -2.55. The fourth-order valence-electron chi connectivity index (χ4n) is 3.12. The van der Waals surface area contributed by atoms with Crippen molar-refractivity contribution >= 4 is 11.9 Å². The van der Waals surface area contributed by atoms with E-state index in [1.165, 1.54) is 54.6 Å². The molecular weight excluding hydrogens is 337 g/mol. The summed E-state index contributed by atoms with van der Waals surface area (Å²) in [4.78, 5) is 24.7. The minimum absolute atomic E-state index is 0.0771. The van der Waals surface area contributed by atoms with E-state index in [9.17, 15) is 22.8 Å². The molecule has 0 radical (unpaired) electrons. The van der Waals surface area contributed by atoms with Gasteiger partial charge in [0.1, 0.15) is 5.92 Å². The van der Waals surface area contributed by atoms with Gasteiger partial charge in [-0.25, -0.2) is 4.79 Å². The lowest BCUT2D eigenvalue weighted by atomic mass is 9.73. The summed E-state index contributed by atoms with van der Waals surface area (Å²) in [6.45, 7) is 0. The highest BCUT2D eigenvalue weighted by atomic mass is 19.4. The predicted octanol–water partition coefficient (Wildman–Crippen LogP) is 3.57. The van der Waals surface area contributed by atoms with Crippen molar-refractivity contribution < 1.29 is 32.2 Å². The lowest BCUT2D eigenvalue weighted by molar-refractivity contribution is -0.277. The number of carbonyl (C=O) groups is 2. The molecule has 4 nitrogen and oxygen atoms in total. The summed E-state index contributed by atoms with van der Waals surface area (Å²) in [6, 6.07) is 12.2. The zero-order valence-corrected chi connectivity index (χ0v) is 13.0. The molecule has 3 rings (SSSR count). The fraction of sp³-hybridized carbons (Fsp3) is 0.222. The molecule has 0 spiro atoms. The molecular formula is C18H13F3O4. The van der Waals surface area contributed by atoms with Gasteiger partial charge in [0, 0.05) is 5.56 Å². The van der Waals surface area contributed by atoms with Crippen LogP contribution in [0.15, 0.2) is 54.6 Å². The summed E-state index contributed by atoms with van der Waals surface area (Å²) in [5.74, 6) is -4.15. The molecule has 25 heavy (non-hydrogen) atoms. The van der Waals surface area contributed by atoms with Gasteiger partial charge in [0.2, 0.25) is 5.60 Å². The smallest absolute Gasteiger partial charge is 0.434 e. The Bertz CT molecular complexity index is 817. The molecule has 0 aromatic heterocycles. The standard InChI is InChI=1S/C18H13F3O4/c1-24-16(23)14-12-9-5-6-10-13(12)15(22)25-17(14,18(19,20)21)11-7-3-2-4-8-11/h2-10,14H,1H3/t14-,17-/m0/s1. The number of fused-ring (bicyclic) bond motifs is 1. The number of carbonyl (C=O) groups excluding carboxylic acids is 2. The number of methoxy groups -OCH3 is 1. The van der Waals surface area contributed by atoms with Gasteiger partial charge in [-0.3, -0.25) is 4.79 Å². The third-order valence-electron chi connectivity index (χ3n) is 4.21. The molecule has 0 bridgehead atoms. The van der Waals surface area contributed by atoms with Crippen LogP contribution in [-0.4, -0.2) is 25.2 Å². The summed E-state index contributed by atoms with van der Waals surface area (Å²) in [5.41, 5.74) is -3.67. The minimum Gasteiger partial charge on any atom is -0.468 e. The zero-order chi connectivity index (χ0) is 18.2. The molecule has 0 N–H and O–H groups in total. The molecule has 0 unspecified atom stereocenters. The first-order valence-electron chi connectivity index (χ1n) is 7.35. The van der Waals surface area contributed by atoms with Crippen molar-refractivity contribution in [2.75, 3.05) is 7.11 Å². The summed E-state index contributed by atoms with van der Waals surface area (Å²) in [6.07, 6.45) is -5.05. The van der Waals surface area contributed by atoms with Gasteiger partial charge in [-0.2, -0.15) is 13.2 Å². The van der Waals surface area contributed by atoms with Crippen molar-refractivity contribution in [3.05, 3.63) is 71.3 Å². The first kappa shape index (κ1) is 17.0. The molecule has 2 aromatic rings. The Labute approximate surface area is 141 Å². The molecule has 0 amide bonds. The van der Waals surface area contributed by atoms with Crippen LogP contribution in [-0.2, 0) is 19.9 Å². The first-order chi connectivity index (χ1) is 11.8. The third-order valence-corrected chi connectivity index (χ3v) is 4.21. The Morgan fingerprint density at radius 1 is 1.08 bits per heavy atom. The van der Waals surface area contributed by atoms with Crippen LogP contribution in [0.4, 0.5) is 13.2 Å². The van der Waals surface area contributed by atoms with Crippen LogP contribution in [0.3, 0.4) is 0 Å². The van der Waals surface area contributed by atoms with E-state index in [-0.39, 0.29) is 16.7 Å². The molecule has 1 aliphatic heterocycles. The van der Waals surface area contributed by atoms with Crippen molar-refractivity contribution in [1.82, 2.24) is 0 Å². The summed E-state index contributed by atoms with van der Waals surface area (Å²) in [5, 5.41) is 0. The number of ether oxygens (including phenoxy) is 2. The number of cyclic esters (lactones) is 1. The molecule has 1 heterocycles. The Morgan fingerprint density at radius 2 is 1.68 bits per heavy atom. The molecule has 1 aliphatic rings. The van der Waals surface area contributed by atoms with Gasteiger partial charge in [-0.05, 0) is 11.6 Å². The average Bonchev–Trinajstić information content (AvgIpc) is 2.60. The van der Waals surface area contributed by atoms with Crippen LogP contribution < -0.4 is 0 Å². The number of benzene rings is 2. The maximum Gasteiger partial charge on any atom is 0.434 e. The third kappa shape index (κ3) is 2.47. The lowest BCUT2D eigenvalue weighted by Gasteiger charge is -2.43. The van der Waals surface area contributed by atoms with E-state index in [1.54, 1.807) is 0 Å². The number of alkyl halides is 3. The monoisotopic (exact) mass is 350 g/mol. The topological polar surface area (TPSA) is 52.6 Å². The van der Waals surface area contributed by atoms with Crippen LogP contribution in [0.1, 0.15) is 27.4 Å². The van der Waals surface area contributed by atoms with Gasteiger partial charge in [-0.15, -0.1) is 0 Å². The van der Waals surface area contributed by atoms with E-state index in [2.05, 4.69) is 4.74 Å². The molecule has 130 valence electrons. The van der Waals surface area contributed by atoms with Crippen LogP contribution >= 0.6 is 0 Å². The van der Waals surface area contributed by atoms with Crippen molar-refractivity contribution in [3.8, 4) is 0 Å². The van der Waals surface area contributed by atoms with Crippen molar-refractivity contribution in [1.29, 1.82) is 0 Å². The van der Waals surface area contributed by atoms with Crippen LogP contribution in [0.25, 0.3) is 0 Å². The molecule has 7 heteroatoms. The van der Waals surface area contributed by atoms with E-state index in [0.29, 0.717) is 0 Å². The quantitative estimate of drug-likeness (QED) is 0.777. The maximum atomic E-state index is 14.2. The van der Waals surface area contributed by atoms with E-state index in [1.807, 2.05) is 0 Å². The van der Waals surface area contributed by atoms with Gasteiger partial charge in [0.25, 0.3) is 0 Å². The zero-order valence-electron chi connectivity index (χ0n) is 13.0. The van der Waals surface area contributed by atoms with Crippen LogP contribution in [0, 0.1) is 0 Å². The molecule has 0 fully saturated rings. The molecule has 0 aliphatic carbocycles. The van der Waals surface area contributed by atoms with Gasteiger partial charge < -0.3 is 9.47 Å². The van der Waals surface area contributed by atoms with Gasteiger partial charge >= 0.3 is 18.1 Å². The second kappa shape index (κ2) is 5.91. The normalized spacial score (nSPS) is 22.7. The second-order valence-electron chi connectivity index (χ2n) is 5.53. The van der Waals surface area contributed by atoms with E-state index >= 15 is 0 Å². The van der Waals surface area contributed by atoms with Crippen molar-refractivity contribution in [3.63, 3.8) is 0 Å². The fourth-order valence-corrected chi connectivity index (χ4v) is 3.12. The Morgan fingerprint density at radius 3 is 2.28 bits per heavy atom. The largest absolute Gasteiger partial charge is 0.468 e. The van der Waals surface area contributed by atoms with Crippen molar-refractivity contribution in [2.24, 2.45) is 0 Å². The first-order valence-corrected chi connectivity index (χ1v) is 7.35. The molecule has 0 saturated heterocycles. The highest BCUT2D eigenvalue weighted by Gasteiger charge is 2.69. The highest BCUT2D eigenvalue weighted by Crippen LogP contribution is 2.55. The number of rotatable bonds is 2. The number of hydrogen-bond acceptors (Lipinski definition) is 4. The second-order valence-corrected chi connectivity index (χ2v) is 5.53. The summed E-state index contributed by atoms with van der Waals surface area (Å²) < 4.78 is 52.2. The summed E-state index contributed by atoms with van der Waals surface area (Å²) in [7, 11) is 0.994. The van der Waals surface area contributed by atoms with Crippen molar-refractivity contribution in [2.45, 2.75) is 17.7 Å². The van der Waals surface area contributed by atoms with Crippen LogP contribution in [0.2, 0.25) is 0 Å². The Balaban J connectivity index is 2.37. The average molecular weight is 350 g/mol.